The first-order valence-corrected chi connectivity index (χ1v) is 18.6. The number of fused-ring (bicyclic) bond motifs is 1. The van der Waals surface area contributed by atoms with Crippen molar-refractivity contribution >= 4 is 69.8 Å². The Labute approximate surface area is 324 Å². The van der Waals surface area contributed by atoms with Crippen molar-refractivity contribution in [3.63, 3.8) is 0 Å². The normalized spacial score (nSPS) is 11.9. The fourth-order valence-corrected chi connectivity index (χ4v) is 6.45. The molecule has 55 heavy (non-hydrogen) atoms. The highest BCUT2D eigenvalue weighted by Crippen LogP contribution is 2.30. The van der Waals surface area contributed by atoms with Crippen LogP contribution in [0.15, 0.2) is 82.0 Å². The van der Waals surface area contributed by atoms with Crippen LogP contribution in [-0.4, -0.2) is 77.1 Å². The van der Waals surface area contributed by atoms with E-state index >= 15 is 0 Å². The zero-order valence-electron chi connectivity index (χ0n) is 29.7. The summed E-state index contributed by atoms with van der Waals surface area (Å²) in [6, 6.07) is 18.3. The number of thioether (sulfide) groups is 1. The Morgan fingerprint density at radius 1 is 0.836 bits per heavy atom. The number of benzene rings is 3. The molecule has 290 valence electrons. The number of halogens is 1. The van der Waals surface area contributed by atoms with Gasteiger partial charge in [-0.25, -0.2) is 9.59 Å². The van der Waals surface area contributed by atoms with E-state index in [1.165, 1.54) is 23.9 Å². The smallest absolute Gasteiger partial charge is 0.340 e. The van der Waals surface area contributed by atoms with Crippen molar-refractivity contribution in [2.24, 2.45) is 0 Å². The van der Waals surface area contributed by atoms with Crippen LogP contribution in [0.1, 0.15) is 41.1 Å². The van der Waals surface area contributed by atoms with Gasteiger partial charge < -0.3 is 41.2 Å². The molecule has 17 heteroatoms. The summed E-state index contributed by atoms with van der Waals surface area (Å²) in [7, 11) is 0. The molecule has 0 aliphatic heterocycles. The Hall–Kier alpha value is -5.87. The lowest BCUT2D eigenvalue weighted by atomic mass is 10.0. The predicted octanol–water partition coefficient (Wildman–Crippen LogP) is 2.49. The van der Waals surface area contributed by atoms with Gasteiger partial charge in [0.15, 0.2) is 0 Å². The molecule has 0 aliphatic carbocycles. The van der Waals surface area contributed by atoms with E-state index in [1.54, 1.807) is 37.3 Å². The Bertz CT molecular complexity index is 2080. The topological polar surface area (TPSA) is 233 Å². The van der Waals surface area contributed by atoms with Crippen molar-refractivity contribution in [3.05, 3.63) is 110 Å². The fourth-order valence-electron chi connectivity index (χ4n) is 5.28. The largest absolute Gasteiger partial charge is 0.506 e. The van der Waals surface area contributed by atoms with Crippen molar-refractivity contribution in [1.29, 1.82) is 0 Å². The molecule has 0 fully saturated rings. The number of phenols is 1. The van der Waals surface area contributed by atoms with Crippen LogP contribution in [0.3, 0.4) is 0 Å². The second-order valence-corrected chi connectivity index (χ2v) is 13.7. The van der Waals surface area contributed by atoms with E-state index in [2.05, 4.69) is 26.6 Å². The summed E-state index contributed by atoms with van der Waals surface area (Å²) in [5, 5.41) is 32.3. The number of carbonyl (C=O) groups is 6. The number of rotatable bonds is 19. The van der Waals surface area contributed by atoms with Crippen molar-refractivity contribution in [2.45, 2.75) is 44.0 Å². The molecule has 0 aliphatic rings. The van der Waals surface area contributed by atoms with Gasteiger partial charge in [0.1, 0.15) is 23.4 Å². The number of aryl methyl sites for hydroxylation is 1. The molecule has 3 aromatic carbocycles. The summed E-state index contributed by atoms with van der Waals surface area (Å²) in [4.78, 5) is 87.7. The maximum absolute atomic E-state index is 13.2. The fraction of sp³-hybridized carbons (Fsp3) is 0.289. The number of amides is 5. The zero-order chi connectivity index (χ0) is 39.9. The van der Waals surface area contributed by atoms with E-state index in [1.807, 2.05) is 30.3 Å². The number of nitrogens with one attached hydrogen (secondary N) is 5. The summed E-state index contributed by atoms with van der Waals surface area (Å²) in [6.45, 7) is 0.608. The number of carboxylic acid groups (broad SMARTS) is 1. The maximum atomic E-state index is 13.2. The third-order valence-electron chi connectivity index (χ3n) is 8.19. The average molecular weight is 794 g/mol. The van der Waals surface area contributed by atoms with Gasteiger partial charge in [0.25, 0.3) is 0 Å². The molecule has 0 radical (unpaired) electrons. The highest BCUT2D eigenvalue weighted by atomic mass is 35.5. The van der Waals surface area contributed by atoms with Gasteiger partial charge in [0.05, 0.1) is 30.1 Å². The molecule has 0 bridgehead atoms. The van der Waals surface area contributed by atoms with E-state index < -0.39 is 72.7 Å². The molecule has 0 saturated heterocycles. The molecule has 0 unspecified atom stereocenters. The van der Waals surface area contributed by atoms with Gasteiger partial charge >= 0.3 is 11.6 Å². The molecule has 4 aromatic rings. The van der Waals surface area contributed by atoms with E-state index in [9.17, 15) is 43.8 Å². The van der Waals surface area contributed by atoms with Crippen LogP contribution in [-0.2, 0) is 40.9 Å². The quantitative estimate of drug-likeness (QED) is 0.0538. The van der Waals surface area contributed by atoms with Crippen LogP contribution < -0.4 is 32.2 Å². The van der Waals surface area contributed by atoms with Crippen molar-refractivity contribution in [3.8, 4) is 5.75 Å². The van der Waals surface area contributed by atoms with Crippen LogP contribution in [0.2, 0.25) is 5.02 Å². The summed E-state index contributed by atoms with van der Waals surface area (Å²) in [6.07, 6.45) is -0.261. The second-order valence-electron chi connectivity index (χ2n) is 12.3. The van der Waals surface area contributed by atoms with Crippen LogP contribution in [0, 0.1) is 6.92 Å². The summed E-state index contributed by atoms with van der Waals surface area (Å²) in [5.74, 6) is -3.80. The third-order valence-corrected chi connectivity index (χ3v) is 9.60. The molecule has 1 heterocycles. The highest BCUT2D eigenvalue weighted by molar-refractivity contribution is 7.98. The summed E-state index contributed by atoms with van der Waals surface area (Å²) < 4.78 is 5.22. The minimum Gasteiger partial charge on any atom is -0.506 e. The van der Waals surface area contributed by atoms with Crippen molar-refractivity contribution in [2.75, 3.05) is 25.4 Å². The summed E-state index contributed by atoms with van der Waals surface area (Å²) >= 11 is 7.36. The molecule has 2 atom stereocenters. The van der Waals surface area contributed by atoms with E-state index in [0.29, 0.717) is 22.3 Å². The monoisotopic (exact) mass is 793 g/mol. The zero-order valence-corrected chi connectivity index (χ0v) is 31.3. The number of carboxylic acids is 1. The molecular formula is C38H40ClN5O10S. The van der Waals surface area contributed by atoms with Gasteiger partial charge in [0.2, 0.25) is 29.5 Å². The molecular weight excluding hydrogens is 754 g/mol. The Balaban J connectivity index is 1.20. The number of phenolic OH excluding ortho intramolecular Hbond substituents is 1. The standard InChI is InChI=1S/C38H40ClN5O10S/c1-22-25-15-27(39)29(45)17-30(25)54-38(53)26(22)16-32(47)41-18-33(48)42-19-34(49)44-35(24-11-6-3-7-12-24)36(50)40-14-8-13-31(46)43-28(37(51)52)21-55-20-23-9-4-2-5-10-23/h2-7,9-12,15,17,28,35,45H,8,13-14,16,18-21H2,1H3,(H,40,50)(H,41,47)(H,42,48)(H,43,46)(H,44,49)(H,51,52)/t28-,35+/m0/s1. The van der Waals surface area contributed by atoms with E-state index in [-0.39, 0.29) is 47.1 Å². The molecule has 4 rings (SSSR count). The van der Waals surface area contributed by atoms with Gasteiger partial charge in [-0.15, -0.1) is 0 Å². The lowest BCUT2D eigenvalue weighted by molar-refractivity contribution is -0.141. The average Bonchev–Trinajstić information content (AvgIpc) is 3.16. The van der Waals surface area contributed by atoms with Crippen LogP contribution in [0.5, 0.6) is 5.75 Å². The van der Waals surface area contributed by atoms with E-state index in [0.717, 1.165) is 5.56 Å². The van der Waals surface area contributed by atoms with Gasteiger partial charge in [-0.2, -0.15) is 11.8 Å². The first-order chi connectivity index (χ1) is 26.3. The predicted molar refractivity (Wildman–Crippen MR) is 205 cm³/mol. The lowest BCUT2D eigenvalue weighted by Gasteiger charge is -2.19. The first-order valence-electron chi connectivity index (χ1n) is 17.1. The third kappa shape index (κ3) is 12.9. The summed E-state index contributed by atoms with van der Waals surface area (Å²) in [5.41, 5.74) is 1.25. The molecule has 5 amide bonds. The maximum Gasteiger partial charge on any atom is 0.340 e. The number of carbonyl (C=O) groups excluding carboxylic acids is 5. The van der Waals surface area contributed by atoms with Gasteiger partial charge in [-0.05, 0) is 36.1 Å². The van der Waals surface area contributed by atoms with Gasteiger partial charge in [-0.1, -0.05) is 72.3 Å². The Morgan fingerprint density at radius 2 is 1.49 bits per heavy atom. The first kappa shape index (κ1) is 41.9. The lowest BCUT2D eigenvalue weighted by Crippen LogP contribution is -2.46. The van der Waals surface area contributed by atoms with Crippen molar-refractivity contribution in [1.82, 2.24) is 26.6 Å². The molecule has 1 aromatic heterocycles. The molecule has 7 N–H and O–H groups in total. The Kier molecular flexibility index (Phi) is 15.6. The number of aromatic hydroxyl groups is 1. The van der Waals surface area contributed by atoms with Gasteiger partial charge in [0, 0.05) is 35.9 Å². The molecule has 0 saturated carbocycles. The highest BCUT2D eigenvalue weighted by Gasteiger charge is 2.24. The molecule has 15 nitrogen and oxygen atoms in total. The van der Waals surface area contributed by atoms with Gasteiger partial charge in [-0.3, -0.25) is 24.0 Å². The van der Waals surface area contributed by atoms with E-state index in [4.69, 9.17) is 16.0 Å². The second kappa shape index (κ2) is 20.5. The SMILES string of the molecule is Cc1c(CC(=O)NCC(=O)NCC(=O)N[C@@H](C(=O)NCCCC(=O)N[C@@H](CSCc2ccccc2)C(=O)O)c2ccccc2)c(=O)oc2cc(O)c(Cl)cc12. The number of hydrogen-bond acceptors (Lipinski definition) is 10. The van der Waals surface area contributed by atoms with Crippen LogP contribution in [0.25, 0.3) is 11.0 Å². The minimum absolute atomic E-state index is 0.0342. The van der Waals surface area contributed by atoms with Crippen LogP contribution in [0.4, 0.5) is 0 Å². The number of aliphatic carboxylic acids is 1. The minimum atomic E-state index is -1.15. The molecule has 0 spiro atoms. The Morgan fingerprint density at radius 3 is 2.18 bits per heavy atom. The van der Waals surface area contributed by atoms with Crippen LogP contribution >= 0.6 is 23.4 Å². The number of hydrogen-bond donors (Lipinski definition) is 7. The van der Waals surface area contributed by atoms with Crippen molar-refractivity contribution < 1.29 is 43.4 Å².